The molecule has 1 aliphatic heterocycles. The molecule has 1 aliphatic carbocycles. The molecule has 3 rings (SSSR count). The minimum Gasteiger partial charge on any atom is -0.396 e. The molecule has 1 aromatic carbocycles. The highest BCUT2D eigenvalue weighted by atomic mass is 16.3. The van der Waals surface area contributed by atoms with Gasteiger partial charge in [-0.15, -0.1) is 0 Å². The van der Waals surface area contributed by atoms with E-state index in [1.165, 1.54) is 0 Å². The summed E-state index contributed by atoms with van der Waals surface area (Å²) in [5, 5.41) is 15.1. The van der Waals surface area contributed by atoms with Crippen LogP contribution in [0.15, 0.2) is 30.4 Å². The van der Waals surface area contributed by atoms with Crippen LogP contribution < -0.4 is 10.6 Å². The molecule has 1 heterocycles. The third-order valence-electron chi connectivity index (χ3n) is 6.69. The van der Waals surface area contributed by atoms with Gasteiger partial charge >= 0.3 is 0 Å². The third kappa shape index (κ3) is 4.24. The first-order chi connectivity index (χ1) is 14.8. The highest BCUT2D eigenvalue weighted by molar-refractivity contribution is 6.02. The summed E-state index contributed by atoms with van der Waals surface area (Å²) in [6.45, 7) is 6.07. The molecule has 31 heavy (non-hydrogen) atoms. The molecule has 0 spiro atoms. The Labute approximate surface area is 183 Å². The summed E-state index contributed by atoms with van der Waals surface area (Å²) in [5.41, 5.74) is 2.65. The molecule has 3 amide bonds. The zero-order valence-electron chi connectivity index (χ0n) is 18.7. The Hall–Kier alpha value is -2.67. The molecule has 0 aromatic heterocycles. The van der Waals surface area contributed by atoms with E-state index in [-0.39, 0.29) is 42.7 Å². The van der Waals surface area contributed by atoms with E-state index in [2.05, 4.69) is 10.6 Å². The lowest BCUT2D eigenvalue weighted by Gasteiger charge is -2.33. The van der Waals surface area contributed by atoms with Crippen molar-refractivity contribution in [1.82, 2.24) is 10.2 Å². The smallest absolute Gasteiger partial charge is 0.247 e. The minimum absolute atomic E-state index is 0.0507. The van der Waals surface area contributed by atoms with Gasteiger partial charge in [-0.25, -0.2) is 0 Å². The maximum atomic E-state index is 13.5. The number of fused-ring (bicyclic) bond motifs is 1. The van der Waals surface area contributed by atoms with E-state index in [1.807, 2.05) is 51.1 Å². The van der Waals surface area contributed by atoms with E-state index in [0.29, 0.717) is 6.42 Å². The Morgan fingerprint density at radius 1 is 1.13 bits per heavy atom. The van der Waals surface area contributed by atoms with Crippen molar-refractivity contribution in [2.45, 2.75) is 39.7 Å². The summed E-state index contributed by atoms with van der Waals surface area (Å²) in [7, 11) is 1.58. The number of hydrogen-bond acceptors (Lipinski definition) is 4. The van der Waals surface area contributed by atoms with Gasteiger partial charge in [0.1, 0.15) is 6.04 Å². The number of aliphatic hydroxyl groups excluding tert-OH is 1. The van der Waals surface area contributed by atoms with Crippen LogP contribution in [0.25, 0.3) is 0 Å². The Balaban J connectivity index is 1.99. The minimum atomic E-state index is -0.718. The van der Waals surface area contributed by atoms with Gasteiger partial charge in [0.2, 0.25) is 17.7 Å². The van der Waals surface area contributed by atoms with E-state index in [0.717, 1.165) is 23.2 Å². The lowest BCUT2D eigenvalue weighted by atomic mass is 9.69. The van der Waals surface area contributed by atoms with Gasteiger partial charge in [-0.1, -0.05) is 37.3 Å². The van der Waals surface area contributed by atoms with Crippen molar-refractivity contribution in [3.05, 3.63) is 41.5 Å². The quantitative estimate of drug-likeness (QED) is 0.580. The first-order valence-corrected chi connectivity index (χ1v) is 11.0. The lowest BCUT2D eigenvalue weighted by Crippen LogP contribution is -2.45. The number of aryl methyl sites for hydroxylation is 2. The molecule has 7 nitrogen and oxygen atoms in total. The molecule has 0 radical (unpaired) electrons. The van der Waals surface area contributed by atoms with E-state index in [4.69, 9.17) is 0 Å². The van der Waals surface area contributed by atoms with Crippen molar-refractivity contribution >= 4 is 23.4 Å². The summed E-state index contributed by atoms with van der Waals surface area (Å²) in [5.74, 6) is -2.14. The number of allylic oxidation sites excluding steroid dienone is 1. The predicted molar refractivity (Wildman–Crippen MR) is 119 cm³/mol. The monoisotopic (exact) mass is 427 g/mol. The Bertz CT molecular complexity index is 861. The largest absolute Gasteiger partial charge is 0.396 e. The maximum Gasteiger partial charge on any atom is 0.247 e. The van der Waals surface area contributed by atoms with Gasteiger partial charge < -0.3 is 20.6 Å². The van der Waals surface area contributed by atoms with Crippen molar-refractivity contribution in [2.24, 2.45) is 23.7 Å². The standard InChI is InChI=1S/C24H33N3O4/c1-5-16-10-11-17-19(18(16)22(29)25-4)24(31)27(12-7-13-28)21(17)23(30)26-20-14(2)8-6-9-15(20)3/h6,8-11,16-19,21,28H,5,7,12-13H2,1-4H3,(H,25,29)(H,26,30)/t16-,17+,18-,19+,21+/m1/s1. The number of benzene rings is 1. The number of carbonyl (C=O) groups is 3. The van der Waals surface area contributed by atoms with Crippen LogP contribution >= 0.6 is 0 Å². The van der Waals surface area contributed by atoms with Crippen molar-refractivity contribution < 1.29 is 19.5 Å². The zero-order chi connectivity index (χ0) is 22.7. The normalized spacial score (nSPS) is 27.2. The maximum absolute atomic E-state index is 13.5. The number of para-hydroxylation sites is 1. The molecule has 3 N–H and O–H groups in total. The molecule has 0 unspecified atom stereocenters. The van der Waals surface area contributed by atoms with Gasteiger partial charge in [0, 0.05) is 31.8 Å². The van der Waals surface area contributed by atoms with Gasteiger partial charge in [-0.3, -0.25) is 14.4 Å². The van der Waals surface area contributed by atoms with Crippen molar-refractivity contribution in [3.8, 4) is 0 Å². The first kappa shape index (κ1) is 23.0. The van der Waals surface area contributed by atoms with Crippen molar-refractivity contribution in [1.29, 1.82) is 0 Å². The number of anilines is 1. The second-order valence-corrected chi connectivity index (χ2v) is 8.51. The van der Waals surface area contributed by atoms with Gasteiger partial charge in [0.05, 0.1) is 11.8 Å². The Kier molecular flexibility index (Phi) is 7.15. The summed E-state index contributed by atoms with van der Waals surface area (Å²) < 4.78 is 0. The second kappa shape index (κ2) is 9.64. The summed E-state index contributed by atoms with van der Waals surface area (Å²) in [4.78, 5) is 41.3. The van der Waals surface area contributed by atoms with Crippen LogP contribution in [0.1, 0.15) is 30.9 Å². The first-order valence-electron chi connectivity index (χ1n) is 11.0. The molecule has 1 fully saturated rings. The highest BCUT2D eigenvalue weighted by Gasteiger charge is 2.56. The van der Waals surface area contributed by atoms with Crippen LogP contribution in [-0.2, 0) is 14.4 Å². The van der Waals surface area contributed by atoms with Crippen LogP contribution in [0, 0.1) is 37.5 Å². The zero-order valence-corrected chi connectivity index (χ0v) is 18.7. The molecule has 5 atom stereocenters. The number of nitrogens with one attached hydrogen (secondary N) is 2. The molecule has 168 valence electrons. The molecule has 7 heteroatoms. The number of amides is 3. The van der Waals surface area contributed by atoms with Gasteiger partial charge in [0.25, 0.3) is 0 Å². The van der Waals surface area contributed by atoms with E-state index < -0.39 is 17.9 Å². The number of likely N-dealkylation sites (tertiary alicyclic amines) is 1. The number of hydrogen-bond donors (Lipinski definition) is 3. The molecular formula is C24H33N3O4. The Morgan fingerprint density at radius 2 is 1.81 bits per heavy atom. The molecule has 0 bridgehead atoms. The van der Waals surface area contributed by atoms with Crippen LogP contribution in [0.2, 0.25) is 0 Å². The van der Waals surface area contributed by atoms with Crippen LogP contribution in [0.3, 0.4) is 0 Å². The highest BCUT2D eigenvalue weighted by Crippen LogP contribution is 2.45. The fourth-order valence-corrected chi connectivity index (χ4v) is 5.10. The van der Waals surface area contributed by atoms with E-state index >= 15 is 0 Å². The number of nitrogens with zero attached hydrogens (tertiary/aromatic N) is 1. The van der Waals surface area contributed by atoms with Crippen LogP contribution in [0.5, 0.6) is 0 Å². The SMILES string of the molecule is CC[C@@H]1C=C[C@H]2[C@H](C(=O)N(CCCO)[C@@H]2C(=O)Nc2c(C)cccc2C)[C@@H]1C(=O)NC. The van der Waals surface area contributed by atoms with Gasteiger partial charge in [-0.2, -0.15) is 0 Å². The topological polar surface area (TPSA) is 98.7 Å². The fourth-order valence-electron chi connectivity index (χ4n) is 5.10. The summed E-state index contributed by atoms with van der Waals surface area (Å²) in [6, 6.07) is 5.08. The lowest BCUT2D eigenvalue weighted by molar-refractivity contribution is -0.140. The molecular weight excluding hydrogens is 394 g/mol. The predicted octanol–water partition coefficient (Wildman–Crippen LogP) is 2.03. The molecule has 0 saturated carbocycles. The van der Waals surface area contributed by atoms with Gasteiger partial charge in [0.15, 0.2) is 0 Å². The van der Waals surface area contributed by atoms with Crippen LogP contribution in [-0.4, -0.2) is 54.0 Å². The average molecular weight is 428 g/mol. The second-order valence-electron chi connectivity index (χ2n) is 8.51. The molecule has 1 aromatic rings. The molecule has 1 saturated heterocycles. The van der Waals surface area contributed by atoms with Crippen molar-refractivity contribution in [2.75, 3.05) is 25.5 Å². The summed E-state index contributed by atoms with van der Waals surface area (Å²) >= 11 is 0. The fraction of sp³-hybridized carbons (Fsp3) is 0.542. The van der Waals surface area contributed by atoms with Crippen molar-refractivity contribution in [3.63, 3.8) is 0 Å². The van der Waals surface area contributed by atoms with E-state index in [1.54, 1.807) is 11.9 Å². The van der Waals surface area contributed by atoms with Crippen LogP contribution in [0.4, 0.5) is 5.69 Å². The number of carbonyl (C=O) groups excluding carboxylic acids is 3. The summed E-state index contributed by atoms with van der Waals surface area (Å²) in [6.07, 6.45) is 5.05. The number of rotatable bonds is 7. The van der Waals surface area contributed by atoms with Gasteiger partial charge in [-0.05, 0) is 43.7 Å². The molecule has 2 aliphatic rings. The van der Waals surface area contributed by atoms with E-state index in [9.17, 15) is 19.5 Å². The Morgan fingerprint density at radius 3 is 2.39 bits per heavy atom. The third-order valence-corrected chi connectivity index (χ3v) is 6.69. The number of aliphatic hydroxyl groups is 1. The average Bonchev–Trinajstić information content (AvgIpc) is 3.05.